The van der Waals surface area contributed by atoms with Crippen LogP contribution >= 0.6 is 23.2 Å². The van der Waals surface area contributed by atoms with Crippen molar-refractivity contribution in [3.05, 3.63) is 45.6 Å². The average molecular weight is 244 g/mol. The van der Waals surface area contributed by atoms with E-state index in [1.807, 2.05) is 18.2 Å². The molecule has 1 aliphatic heterocycles. The fourth-order valence-corrected chi connectivity index (χ4v) is 1.99. The fourth-order valence-electron chi connectivity index (χ4n) is 1.57. The maximum Gasteiger partial charge on any atom is 0.113 e. The third-order valence-corrected chi connectivity index (χ3v) is 3.19. The maximum atomic E-state index is 6.07. The van der Waals surface area contributed by atoms with Crippen LogP contribution in [0.5, 0.6) is 0 Å². The third-order valence-electron chi connectivity index (χ3n) is 2.36. The van der Waals surface area contributed by atoms with Gasteiger partial charge in [0.05, 0.1) is 22.7 Å². The first-order chi connectivity index (χ1) is 7.20. The molecule has 1 heterocycles. The monoisotopic (exact) mass is 243 g/mol. The summed E-state index contributed by atoms with van der Waals surface area (Å²) in [6.07, 6.45) is 2.89. The molecular formula is C11H11Cl2NO. The van der Waals surface area contributed by atoms with Gasteiger partial charge in [0.1, 0.15) is 5.76 Å². The molecule has 2 N–H and O–H groups in total. The van der Waals surface area contributed by atoms with E-state index in [4.69, 9.17) is 33.7 Å². The first-order valence-corrected chi connectivity index (χ1v) is 5.48. The van der Waals surface area contributed by atoms with Gasteiger partial charge in [0, 0.05) is 6.42 Å². The first kappa shape index (κ1) is 10.8. The van der Waals surface area contributed by atoms with Gasteiger partial charge < -0.3 is 10.5 Å². The Kier molecular flexibility index (Phi) is 3.19. The largest absolute Gasteiger partial charge is 0.496 e. The summed E-state index contributed by atoms with van der Waals surface area (Å²) in [5.41, 5.74) is 6.84. The van der Waals surface area contributed by atoms with E-state index in [9.17, 15) is 0 Å². The van der Waals surface area contributed by atoms with E-state index in [2.05, 4.69) is 0 Å². The molecular weight excluding hydrogens is 233 g/mol. The van der Waals surface area contributed by atoms with Gasteiger partial charge in [0.15, 0.2) is 0 Å². The van der Waals surface area contributed by atoms with Crippen molar-refractivity contribution in [2.45, 2.75) is 12.5 Å². The molecule has 15 heavy (non-hydrogen) atoms. The molecule has 0 saturated heterocycles. The van der Waals surface area contributed by atoms with Crippen LogP contribution in [0, 0.1) is 0 Å². The molecule has 0 aliphatic carbocycles. The molecule has 2 nitrogen and oxygen atoms in total. The summed E-state index contributed by atoms with van der Waals surface area (Å²) in [6.45, 7) is 0.696. The molecule has 2 rings (SSSR count). The minimum atomic E-state index is -0.321. The highest BCUT2D eigenvalue weighted by atomic mass is 35.5. The summed E-state index contributed by atoms with van der Waals surface area (Å²) in [5.74, 6) is 0.777. The topological polar surface area (TPSA) is 35.2 Å². The minimum absolute atomic E-state index is 0.321. The Labute approximate surface area is 98.6 Å². The van der Waals surface area contributed by atoms with Crippen LogP contribution in [0.3, 0.4) is 0 Å². The Morgan fingerprint density at radius 1 is 1.33 bits per heavy atom. The van der Waals surface area contributed by atoms with E-state index >= 15 is 0 Å². The second-order valence-electron chi connectivity index (χ2n) is 3.36. The minimum Gasteiger partial charge on any atom is -0.496 e. The Balaban J connectivity index is 2.32. The van der Waals surface area contributed by atoms with Crippen molar-refractivity contribution in [2.75, 3.05) is 6.61 Å². The van der Waals surface area contributed by atoms with Crippen molar-refractivity contribution in [3.8, 4) is 0 Å². The van der Waals surface area contributed by atoms with Gasteiger partial charge >= 0.3 is 0 Å². The number of benzene rings is 1. The Bertz CT molecular complexity index is 404. The van der Waals surface area contributed by atoms with Crippen LogP contribution in [0.2, 0.25) is 10.0 Å². The summed E-state index contributed by atoms with van der Waals surface area (Å²) in [5, 5.41) is 1.02. The summed E-state index contributed by atoms with van der Waals surface area (Å²) in [7, 11) is 0. The first-order valence-electron chi connectivity index (χ1n) is 4.72. The van der Waals surface area contributed by atoms with Crippen molar-refractivity contribution in [3.63, 3.8) is 0 Å². The van der Waals surface area contributed by atoms with Crippen LogP contribution < -0.4 is 5.73 Å². The Hall–Kier alpha value is -0.700. The lowest BCUT2D eigenvalue weighted by molar-refractivity contribution is 0.225. The van der Waals surface area contributed by atoms with Crippen LogP contribution in [0.4, 0.5) is 0 Å². The molecule has 80 valence electrons. The van der Waals surface area contributed by atoms with E-state index in [0.29, 0.717) is 16.7 Å². The van der Waals surface area contributed by atoms with Gasteiger partial charge in [0.2, 0.25) is 0 Å². The molecule has 1 aromatic rings. The number of nitrogens with two attached hydrogens (primary N) is 1. The molecule has 1 unspecified atom stereocenters. The number of hydrogen-bond acceptors (Lipinski definition) is 2. The van der Waals surface area contributed by atoms with Crippen LogP contribution in [0.25, 0.3) is 0 Å². The van der Waals surface area contributed by atoms with E-state index in [1.165, 1.54) is 0 Å². The van der Waals surface area contributed by atoms with E-state index in [0.717, 1.165) is 17.7 Å². The SMILES string of the molecule is NC(C1=CCCO1)c1cccc(Cl)c1Cl. The fraction of sp³-hybridized carbons (Fsp3) is 0.273. The van der Waals surface area contributed by atoms with Crippen molar-refractivity contribution in [1.29, 1.82) is 0 Å². The van der Waals surface area contributed by atoms with Gasteiger partial charge in [-0.25, -0.2) is 0 Å². The molecule has 1 atom stereocenters. The summed E-state index contributed by atoms with van der Waals surface area (Å²) < 4.78 is 5.40. The van der Waals surface area contributed by atoms with Crippen LogP contribution in [-0.2, 0) is 4.74 Å². The van der Waals surface area contributed by atoms with E-state index < -0.39 is 0 Å². The van der Waals surface area contributed by atoms with Gasteiger partial charge in [-0.2, -0.15) is 0 Å². The smallest absolute Gasteiger partial charge is 0.113 e. The lowest BCUT2D eigenvalue weighted by atomic mass is 10.1. The zero-order valence-electron chi connectivity index (χ0n) is 8.04. The molecule has 0 saturated carbocycles. The predicted molar refractivity (Wildman–Crippen MR) is 62.0 cm³/mol. The zero-order chi connectivity index (χ0) is 10.8. The van der Waals surface area contributed by atoms with Gasteiger partial charge in [0.25, 0.3) is 0 Å². The van der Waals surface area contributed by atoms with Crippen LogP contribution in [0.1, 0.15) is 18.0 Å². The van der Waals surface area contributed by atoms with Crippen LogP contribution in [-0.4, -0.2) is 6.61 Å². The summed E-state index contributed by atoms with van der Waals surface area (Å²) in [4.78, 5) is 0. The Morgan fingerprint density at radius 3 is 2.80 bits per heavy atom. The molecule has 0 radical (unpaired) electrons. The molecule has 0 amide bonds. The highest BCUT2D eigenvalue weighted by molar-refractivity contribution is 6.42. The molecule has 1 aliphatic rings. The lowest BCUT2D eigenvalue weighted by Crippen LogP contribution is -2.14. The quantitative estimate of drug-likeness (QED) is 0.866. The Morgan fingerprint density at radius 2 is 2.13 bits per heavy atom. The number of rotatable bonds is 2. The van der Waals surface area contributed by atoms with Gasteiger partial charge in [-0.3, -0.25) is 0 Å². The summed E-state index contributed by atoms with van der Waals surface area (Å²) in [6, 6.07) is 5.11. The normalized spacial score (nSPS) is 17.1. The predicted octanol–water partition coefficient (Wildman–Crippen LogP) is 3.30. The number of hydrogen-bond donors (Lipinski definition) is 1. The number of ether oxygens (including phenoxy) is 1. The molecule has 1 aromatic carbocycles. The lowest BCUT2D eigenvalue weighted by Gasteiger charge is -2.15. The van der Waals surface area contributed by atoms with Crippen LogP contribution in [0.15, 0.2) is 30.0 Å². The van der Waals surface area contributed by atoms with Gasteiger partial charge in [-0.15, -0.1) is 0 Å². The highest BCUT2D eigenvalue weighted by Gasteiger charge is 2.19. The average Bonchev–Trinajstić information content (AvgIpc) is 2.74. The van der Waals surface area contributed by atoms with Gasteiger partial charge in [-0.05, 0) is 17.7 Å². The maximum absolute atomic E-state index is 6.07. The summed E-state index contributed by atoms with van der Waals surface area (Å²) >= 11 is 12.0. The van der Waals surface area contributed by atoms with Crippen molar-refractivity contribution in [1.82, 2.24) is 0 Å². The highest BCUT2D eigenvalue weighted by Crippen LogP contribution is 2.33. The molecule has 4 heteroatoms. The molecule has 0 fully saturated rings. The third kappa shape index (κ3) is 2.12. The molecule has 0 spiro atoms. The molecule has 0 bridgehead atoms. The van der Waals surface area contributed by atoms with Crippen molar-refractivity contribution < 1.29 is 4.74 Å². The van der Waals surface area contributed by atoms with E-state index in [1.54, 1.807) is 6.07 Å². The second-order valence-corrected chi connectivity index (χ2v) is 4.15. The molecule has 0 aromatic heterocycles. The number of halogens is 2. The zero-order valence-corrected chi connectivity index (χ0v) is 9.55. The van der Waals surface area contributed by atoms with Gasteiger partial charge in [-0.1, -0.05) is 35.3 Å². The van der Waals surface area contributed by atoms with E-state index in [-0.39, 0.29) is 6.04 Å². The second kappa shape index (κ2) is 4.44. The van der Waals surface area contributed by atoms with Crippen molar-refractivity contribution in [2.24, 2.45) is 5.73 Å². The van der Waals surface area contributed by atoms with Crippen molar-refractivity contribution >= 4 is 23.2 Å². The standard InChI is InChI=1S/C11H11Cl2NO/c12-8-4-1-3-7(10(8)13)11(14)9-5-2-6-15-9/h1,3-5,11H,2,6,14H2.